The van der Waals surface area contributed by atoms with Crippen molar-refractivity contribution in [3.05, 3.63) is 66.0 Å². The molecular formula is C19H19N5O2S. The number of aromatic nitrogens is 3. The topological polar surface area (TPSA) is 81.1 Å². The Morgan fingerprint density at radius 2 is 1.89 bits per heavy atom. The first-order valence-electron chi connectivity index (χ1n) is 8.51. The summed E-state index contributed by atoms with van der Waals surface area (Å²) in [6.45, 7) is 1.88. The van der Waals surface area contributed by atoms with E-state index in [1.165, 1.54) is 11.8 Å². The Kier molecular flexibility index (Phi) is 4.72. The Hall–Kier alpha value is -3.00. The fraction of sp³-hybridized carbons (Fsp3) is 0.211. The van der Waals surface area contributed by atoms with Crippen LogP contribution in [-0.4, -0.2) is 33.1 Å². The van der Waals surface area contributed by atoms with Crippen LogP contribution in [0.25, 0.3) is 0 Å². The summed E-state index contributed by atoms with van der Waals surface area (Å²) in [4.78, 5) is 13.2. The van der Waals surface area contributed by atoms with Crippen LogP contribution in [0.2, 0.25) is 0 Å². The number of rotatable bonds is 4. The van der Waals surface area contributed by atoms with Gasteiger partial charge in [-0.05, 0) is 24.6 Å². The van der Waals surface area contributed by atoms with E-state index >= 15 is 0 Å². The van der Waals surface area contributed by atoms with Gasteiger partial charge in [-0.2, -0.15) is 0 Å². The summed E-state index contributed by atoms with van der Waals surface area (Å²) in [5, 5.41) is 11.5. The highest BCUT2D eigenvalue weighted by Crippen LogP contribution is 2.37. The lowest BCUT2D eigenvalue weighted by Gasteiger charge is -2.32. The Bertz CT molecular complexity index is 960. The molecule has 1 aromatic heterocycles. The van der Waals surface area contributed by atoms with Crippen molar-refractivity contribution < 1.29 is 9.53 Å². The molecule has 0 saturated heterocycles. The molecule has 2 heterocycles. The molecule has 0 unspecified atom stereocenters. The average Bonchev–Trinajstić information content (AvgIpc) is 3.08. The minimum Gasteiger partial charge on any atom is -0.495 e. The zero-order valence-corrected chi connectivity index (χ0v) is 15.7. The molecule has 8 heteroatoms. The van der Waals surface area contributed by atoms with Crippen molar-refractivity contribution in [2.24, 2.45) is 0 Å². The molecule has 0 fully saturated rings. The number of nitrogens with one attached hydrogen (secondary N) is 2. The van der Waals surface area contributed by atoms with Gasteiger partial charge in [0.2, 0.25) is 11.1 Å². The van der Waals surface area contributed by atoms with Crippen LogP contribution in [0.3, 0.4) is 0 Å². The molecular weight excluding hydrogens is 362 g/mol. The number of para-hydroxylation sites is 2. The molecule has 0 radical (unpaired) electrons. The van der Waals surface area contributed by atoms with Gasteiger partial charge in [-0.3, -0.25) is 4.79 Å². The predicted molar refractivity (Wildman–Crippen MR) is 105 cm³/mol. The lowest BCUT2D eigenvalue weighted by atomic mass is 10.0. The van der Waals surface area contributed by atoms with Gasteiger partial charge in [0.15, 0.2) is 0 Å². The van der Waals surface area contributed by atoms with Crippen molar-refractivity contribution >= 4 is 23.4 Å². The highest BCUT2D eigenvalue weighted by Gasteiger charge is 2.37. The molecule has 0 bridgehead atoms. The van der Waals surface area contributed by atoms with E-state index in [9.17, 15) is 4.79 Å². The molecule has 2 atom stereocenters. The van der Waals surface area contributed by atoms with E-state index in [4.69, 9.17) is 4.74 Å². The molecule has 4 rings (SSSR count). The minimum atomic E-state index is -0.423. The van der Waals surface area contributed by atoms with Crippen molar-refractivity contribution in [2.45, 2.75) is 23.4 Å². The number of aryl methyl sites for hydroxylation is 1. The van der Waals surface area contributed by atoms with Crippen molar-refractivity contribution in [1.82, 2.24) is 14.9 Å². The second-order valence-electron chi connectivity index (χ2n) is 6.11. The summed E-state index contributed by atoms with van der Waals surface area (Å²) < 4.78 is 7.17. The second kappa shape index (κ2) is 7.32. The summed E-state index contributed by atoms with van der Waals surface area (Å²) in [5.41, 5.74) is 5.04. The number of ether oxygens (including phenoxy) is 1. The zero-order chi connectivity index (χ0) is 18.8. The van der Waals surface area contributed by atoms with Crippen molar-refractivity contribution in [2.75, 3.05) is 17.9 Å². The summed E-state index contributed by atoms with van der Waals surface area (Å²) >= 11 is 1.40. The van der Waals surface area contributed by atoms with Crippen LogP contribution in [0.4, 0.5) is 5.69 Å². The molecule has 0 aliphatic carbocycles. The molecule has 7 nitrogen and oxygen atoms in total. The van der Waals surface area contributed by atoms with Gasteiger partial charge in [-0.25, -0.2) is 4.68 Å². The van der Waals surface area contributed by atoms with E-state index in [1.807, 2.05) is 66.2 Å². The third-order valence-electron chi connectivity index (χ3n) is 4.38. The van der Waals surface area contributed by atoms with E-state index in [-0.39, 0.29) is 11.9 Å². The van der Waals surface area contributed by atoms with Crippen molar-refractivity contribution in [1.29, 1.82) is 0 Å². The SMILES string of the molecule is COc1ccccc1NC(=O)[C@@H]1Sc2nnc(C)n2N[C@H]1c1ccccc1. The van der Waals surface area contributed by atoms with Gasteiger partial charge >= 0.3 is 0 Å². The van der Waals surface area contributed by atoms with Crippen LogP contribution in [0, 0.1) is 6.92 Å². The smallest absolute Gasteiger partial charge is 0.240 e. The molecule has 3 aromatic rings. The van der Waals surface area contributed by atoms with Gasteiger partial charge in [0.1, 0.15) is 16.8 Å². The highest BCUT2D eigenvalue weighted by atomic mass is 32.2. The Morgan fingerprint density at radius 1 is 1.15 bits per heavy atom. The maximum atomic E-state index is 13.2. The van der Waals surface area contributed by atoms with Gasteiger partial charge < -0.3 is 15.5 Å². The number of nitrogens with zero attached hydrogens (tertiary/aromatic N) is 3. The van der Waals surface area contributed by atoms with Crippen molar-refractivity contribution in [3.8, 4) is 5.75 Å². The predicted octanol–water partition coefficient (Wildman–Crippen LogP) is 2.99. The monoisotopic (exact) mass is 381 g/mol. The van der Waals surface area contributed by atoms with E-state index in [0.717, 1.165) is 11.4 Å². The van der Waals surface area contributed by atoms with Crippen molar-refractivity contribution in [3.63, 3.8) is 0 Å². The molecule has 0 spiro atoms. The fourth-order valence-corrected chi connectivity index (χ4v) is 4.15. The number of fused-ring (bicyclic) bond motifs is 1. The Morgan fingerprint density at radius 3 is 2.67 bits per heavy atom. The molecule has 0 saturated carbocycles. The molecule has 1 aliphatic heterocycles. The van der Waals surface area contributed by atoms with E-state index in [0.29, 0.717) is 16.6 Å². The molecule has 27 heavy (non-hydrogen) atoms. The molecule has 2 N–H and O–H groups in total. The maximum absolute atomic E-state index is 13.2. The lowest BCUT2D eigenvalue weighted by molar-refractivity contribution is -0.116. The average molecular weight is 381 g/mol. The second-order valence-corrected chi connectivity index (χ2v) is 7.22. The maximum Gasteiger partial charge on any atom is 0.240 e. The van der Waals surface area contributed by atoms with Crippen LogP contribution in [0.5, 0.6) is 5.75 Å². The summed E-state index contributed by atoms with van der Waals surface area (Å²) in [6, 6.07) is 17.0. The summed E-state index contributed by atoms with van der Waals surface area (Å²) in [7, 11) is 1.58. The van der Waals surface area contributed by atoms with Crippen LogP contribution < -0.4 is 15.5 Å². The third-order valence-corrected chi connectivity index (χ3v) is 5.60. The quantitative estimate of drug-likeness (QED) is 0.723. The molecule has 2 aromatic carbocycles. The highest BCUT2D eigenvalue weighted by molar-refractivity contribution is 8.00. The van der Waals surface area contributed by atoms with Gasteiger partial charge in [-0.1, -0.05) is 54.2 Å². The number of carbonyl (C=O) groups excluding carboxylic acids is 1. The van der Waals surface area contributed by atoms with Gasteiger partial charge in [0.25, 0.3) is 0 Å². The standard InChI is InChI=1S/C19H19N5O2S/c1-12-21-22-19-24(12)23-16(13-8-4-3-5-9-13)17(27-19)18(25)20-14-10-6-7-11-15(14)26-2/h3-11,16-17,23H,1-2H3,(H,20,25)/t16-,17+/m0/s1. The van der Waals surface area contributed by atoms with E-state index in [1.54, 1.807) is 7.11 Å². The van der Waals surface area contributed by atoms with Crippen LogP contribution in [0.15, 0.2) is 59.8 Å². The number of amides is 1. The Labute approximate surface area is 161 Å². The summed E-state index contributed by atoms with van der Waals surface area (Å²) in [5.74, 6) is 1.25. The number of benzene rings is 2. The number of hydrogen-bond acceptors (Lipinski definition) is 6. The largest absolute Gasteiger partial charge is 0.495 e. The first-order chi connectivity index (χ1) is 13.2. The van der Waals surface area contributed by atoms with E-state index < -0.39 is 5.25 Å². The van der Waals surface area contributed by atoms with Crippen LogP contribution in [-0.2, 0) is 4.79 Å². The zero-order valence-electron chi connectivity index (χ0n) is 14.9. The number of methoxy groups -OCH3 is 1. The summed E-state index contributed by atoms with van der Waals surface area (Å²) in [6.07, 6.45) is 0. The number of hydrogen-bond donors (Lipinski definition) is 2. The normalized spacial score (nSPS) is 18.3. The fourth-order valence-electron chi connectivity index (χ4n) is 3.02. The first-order valence-corrected chi connectivity index (χ1v) is 9.39. The van der Waals surface area contributed by atoms with E-state index in [2.05, 4.69) is 20.9 Å². The van der Waals surface area contributed by atoms with Crippen LogP contribution >= 0.6 is 11.8 Å². The van der Waals surface area contributed by atoms with Gasteiger partial charge in [0.05, 0.1) is 18.8 Å². The molecule has 138 valence electrons. The third kappa shape index (κ3) is 3.35. The van der Waals surface area contributed by atoms with Gasteiger partial charge in [0, 0.05) is 0 Å². The minimum absolute atomic E-state index is 0.127. The lowest BCUT2D eigenvalue weighted by Crippen LogP contribution is -2.41. The Balaban J connectivity index is 1.66. The first kappa shape index (κ1) is 17.4. The van der Waals surface area contributed by atoms with Gasteiger partial charge in [-0.15, -0.1) is 10.2 Å². The number of carbonyl (C=O) groups is 1. The molecule has 1 aliphatic rings. The number of thioether (sulfide) groups is 1. The molecule has 1 amide bonds. The van der Waals surface area contributed by atoms with Crippen LogP contribution in [0.1, 0.15) is 17.4 Å². The number of anilines is 1.